The first-order valence-electron chi connectivity index (χ1n) is 7.23. The minimum Gasteiger partial charge on any atom is -0.497 e. The van der Waals surface area contributed by atoms with Gasteiger partial charge in [-0.25, -0.2) is 8.42 Å². The molecule has 1 aliphatic rings. The molecule has 1 unspecified atom stereocenters. The number of carbonyl (C=O) groups is 2. The number of hydrogen-bond acceptors (Lipinski definition) is 7. The average Bonchev–Trinajstić information content (AvgIpc) is 2.92. The highest BCUT2D eigenvalue weighted by molar-refractivity contribution is 7.91. The average molecular weight is 357 g/mol. The van der Waals surface area contributed by atoms with Crippen LogP contribution in [0.2, 0.25) is 0 Å². The summed E-state index contributed by atoms with van der Waals surface area (Å²) in [6.45, 7) is -0.491. The van der Waals surface area contributed by atoms with E-state index in [-0.39, 0.29) is 17.9 Å². The molecule has 0 saturated carbocycles. The summed E-state index contributed by atoms with van der Waals surface area (Å²) in [7, 11) is -0.204. The first-order chi connectivity index (χ1) is 11.3. The molecule has 1 aromatic carbocycles. The second-order valence-corrected chi connectivity index (χ2v) is 7.59. The number of esters is 1. The number of methoxy groups -OCH3 is 2. The zero-order chi connectivity index (χ0) is 17.7. The van der Waals surface area contributed by atoms with Crippen molar-refractivity contribution in [3.8, 4) is 11.5 Å². The summed E-state index contributed by atoms with van der Waals surface area (Å²) in [4.78, 5) is 23.7. The van der Waals surface area contributed by atoms with Crippen LogP contribution in [0.15, 0.2) is 18.2 Å². The van der Waals surface area contributed by atoms with Gasteiger partial charge < -0.3 is 19.5 Å². The molecule has 0 bridgehead atoms. The summed E-state index contributed by atoms with van der Waals surface area (Å²) < 4.78 is 37.7. The first-order valence-corrected chi connectivity index (χ1v) is 9.05. The van der Waals surface area contributed by atoms with Crippen LogP contribution in [0.25, 0.3) is 0 Å². The summed E-state index contributed by atoms with van der Waals surface area (Å²) in [5.74, 6) is -1.16. The number of anilines is 1. The molecule has 1 aromatic rings. The van der Waals surface area contributed by atoms with Crippen LogP contribution in [0.3, 0.4) is 0 Å². The van der Waals surface area contributed by atoms with E-state index in [1.807, 2.05) is 0 Å². The van der Waals surface area contributed by atoms with E-state index < -0.39 is 34.2 Å². The van der Waals surface area contributed by atoms with E-state index in [9.17, 15) is 18.0 Å². The SMILES string of the molecule is COc1cc(NC(=O)COC(=O)C2CCS(=O)(=O)C2)cc(OC)c1. The Bertz CT molecular complexity index is 707. The molecule has 0 aromatic heterocycles. The fourth-order valence-electron chi connectivity index (χ4n) is 2.31. The first kappa shape index (κ1) is 18.1. The van der Waals surface area contributed by atoms with Gasteiger partial charge in [0.05, 0.1) is 31.6 Å². The second-order valence-electron chi connectivity index (χ2n) is 5.36. The van der Waals surface area contributed by atoms with E-state index in [0.717, 1.165) is 0 Å². The lowest BCUT2D eigenvalue weighted by atomic mass is 10.1. The number of ether oxygens (including phenoxy) is 3. The molecular weight excluding hydrogens is 338 g/mol. The molecule has 1 fully saturated rings. The topological polar surface area (TPSA) is 108 Å². The third-order valence-electron chi connectivity index (χ3n) is 3.55. The molecular formula is C15H19NO7S. The van der Waals surface area contributed by atoms with E-state index >= 15 is 0 Å². The molecule has 132 valence electrons. The highest BCUT2D eigenvalue weighted by Crippen LogP contribution is 2.25. The Kier molecular flexibility index (Phi) is 5.66. The minimum atomic E-state index is -3.17. The van der Waals surface area contributed by atoms with E-state index in [4.69, 9.17) is 14.2 Å². The highest BCUT2D eigenvalue weighted by Gasteiger charge is 2.34. The molecule has 1 amide bonds. The predicted octanol–water partition coefficient (Wildman–Crippen LogP) is 0.620. The number of benzene rings is 1. The Morgan fingerprint density at radius 2 is 1.79 bits per heavy atom. The Labute approximate surface area is 140 Å². The largest absolute Gasteiger partial charge is 0.497 e. The van der Waals surface area contributed by atoms with Gasteiger partial charge in [0, 0.05) is 23.9 Å². The fraction of sp³-hybridized carbons (Fsp3) is 0.467. The van der Waals surface area contributed by atoms with Gasteiger partial charge in [-0.2, -0.15) is 0 Å². The van der Waals surface area contributed by atoms with Crippen LogP contribution in [0.4, 0.5) is 5.69 Å². The fourth-order valence-corrected chi connectivity index (χ4v) is 4.04. The molecule has 1 aliphatic heterocycles. The van der Waals surface area contributed by atoms with E-state index in [1.165, 1.54) is 14.2 Å². The summed E-state index contributed by atoms with van der Waals surface area (Å²) in [5, 5.41) is 2.56. The number of rotatable bonds is 6. The monoisotopic (exact) mass is 357 g/mol. The Hall–Kier alpha value is -2.29. The van der Waals surface area contributed by atoms with Gasteiger partial charge in [0.15, 0.2) is 16.4 Å². The molecule has 1 heterocycles. The highest BCUT2D eigenvalue weighted by atomic mass is 32.2. The van der Waals surface area contributed by atoms with Gasteiger partial charge in [-0.1, -0.05) is 0 Å². The van der Waals surface area contributed by atoms with Gasteiger partial charge in [0.1, 0.15) is 11.5 Å². The van der Waals surface area contributed by atoms with Crippen molar-refractivity contribution in [2.75, 3.05) is 37.6 Å². The van der Waals surface area contributed by atoms with Crippen molar-refractivity contribution in [3.63, 3.8) is 0 Å². The zero-order valence-electron chi connectivity index (χ0n) is 13.4. The molecule has 1 N–H and O–H groups in total. The van der Waals surface area contributed by atoms with Crippen LogP contribution < -0.4 is 14.8 Å². The van der Waals surface area contributed by atoms with E-state index in [2.05, 4.69) is 5.32 Å². The number of sulfone groups is 1. The van der Waals surface area contributed by atoms with Crippen LogP contribution in [0.1, 0.15) is 6.42 Å². The van der Waals surface area contributed by atoms with Crippen molar-refractivity contribution in [2.24, 2.45) is 5.92 Å². The van der Waals surface area contributed by atoms with Gasteiger partial charge >= 0.3 is 5.97 Å². The van der Waals surface area contributed by atoms with Crippen LogP contribution in [0.5, 0.6) is 11.5 Å². The van der Waals surface area contributed by atoms with Crippen LogP contribution in [-0.2, 0) is 24.2 Å². The van der Waals surface area contributed by atoms with Gasteiger partial charge in [0.25, 0.3) is 5.91 Å². The second kappa shape index (κ2) is 7.52. The third-order valence-corrected chi connectivity index (χ3v) is 5.31. The maximum absolute atomic E-state index is 11.9. The quantitative estimate of drug-likeness (QED) is 0.744. The van der Waals surface area contributed by atoms with Gasteiger partial charge in [-0.3, -0.25) is 9.59 Å². The molecule has 9 heteroatoms. The Morgan fingerprint density at radius 3 is 2.29 bits per heavy atom. The smallest absolute Gasteiger partial charge is 0.310 e. The summed E-state index contributed by atoms with van der Waals surface area (Å²) in [5.41, 5.74) is 0.427. The standard InChI is InChI=1S/C15H19NO7S/c1-21-12-5-11(6-13(7-12)22-2)16-14(17)8-23-15(18)10-3-4-24(19,20)9-10/h5-7,10H,3-4,8-9H2,1-2H3,(H,16,17). The van der Waals surface area contributed by atoms with Gasteiger partial charge in [-0.15, -0.1) is 0 Å². The maximum atomic E-state index is 11.9. The van der Waals surface area contributed by atoms with Crippen molar-refractivity contribution >= 4 is 27.4 Å². The van der Waals surface area contributed by atoms with Crippen LogP contribution in [-0.4, -0.2) is 52.6 Å². The molecule has 1 saturated heterocycles. The Balaban J connectivity index is 1.88. The lowest BCUT2D eigenvalue weighted by molar-refractivity contribution is -0.150. The zero-order valence-corrected chi connectivity index (χ0v) is 14.2. The molecule has 8 nitrogen and oxygen atoms in total. The molecule has 2 rings (SSSR count). The lowest BCUT2D eigenvalue weighted by Gasteiger charge is -2.11. The molecule has 0 aliphatic carbocycles. The number of nitrogens with one attached hydrogen (secondary N) is 1. The maximum Gasteiger partial charge on any atom is 0.310 e. The molecule has 0 radical (unpaired) electrons. The van der Waals surface area contributed by atoms with E-state index in [1.54, 1.807) is 18.2 Å². The summed E-state index contributed by atoms with van der Waals surface area (Å²) in [6, 6.07) is 4.83. The summed E-state index contributed by atoms with van der Waals surface area (Å²) in [6.07, 6.45) is 0.232. The Morgan fingerprint density at radius 1 is 1.17 bits per heavy atom. The van der Waals surface area contributed by atoms with E-state index in [0.29, 0.717) is 17.2 Å². The van der Waals surface area contributed by atoms with Crippen LogP contribution in [0, 0.1) is 5.92 Å². The summed E-state index contributed by atoms with van der Waals surface area (Å²) >= 11 is 0. The molecule has 24 heavy (non-hydrogen) atoms. The van der Waals surface area contributed by atoms with Crippen molar-refractivity contribution in [1.82, 2.24) is 0 Å². The van der Waals surface area contributed by atoms with Gasteiger partial charge in [-0.05, 0) is 6.42 Å². The van der Waals surface area contributed by atoms with Crippen molar-refractivity contribution in [1.29, 1.82) is 0 Å². The van der Waals surface area contributed by atoms with Gasteiger partial charge in [0.2, 0.25) is 0 Å². The van der Waals surface area contributed by atoms with Crippen molar-refractivity contribution in [2.45, 2.75) is 6.42 Å². The van der Waals surface area contributed by atoms with Crippen LogP contribution >= 0.6 is 0 Å². The minimum absolute atomic E-state index is 0.0252. The van der Waals surface area contributed by atoms with Crippen molar-refractivity contribution < 1.29 is 32.2 Å². The predicted molar refractivity (Wildman–Crippen MR) is 85.9 cm³/mol. The number of hydrogen-bond donors (Lipinski definition) is 1. The molecule has 0 spiro atoms. The lowest BCUT2D eigenvalue weighted by Crippen LogP contribution is -2.25. The number of carbonyl (C=O) groups excluding carboxylic acids is 2. The van der Waals surface area contributed by atoms with Crippen molar-refractivity contribution in [3.05, 3.63) is 18.2 Å². The molecule has 1 atom stereocenters. The number of amides is 1. The third kappa shape index (κ3) is 4.85. The normalized spacial score (nSPS) is 18.7.